The lowest BCUT2D eigenvalue weighted by Crippen LogP contribution is -2.05. The van der Waals surface area contributed by atoms with Gasteiger partial charge in [-0.15, -0.1) is 11.3 Å². The Morgan fingerprint density at radius 3 is 2.84 bits per heavy atom. The fourth-order valence-electron chi connectivity index (χ4n) is 1.78. The van der Waals surface area contributed by atoms with E-state index in [1.165, 1.54) is 4.88 Å². The van der Waals surface area contributed by atoms with Crippen LogP contribution in [0.2, 0.25) is 0 Å². The van der Waals surface area contributed by atoms with Crippen molar-refractivity contribution in [3.05, 3.63) is 53.6 Å². The quantitative estimate of drug-likeness (QED) is 0.792. The van der Waals surface area contributed by atoms with Crippen LogP contribution in [0, 0.1) is 0 Å². The molecule has 1 N–H and O–H groups in total. The Morgan fingerprint density at radius 2 is 2.21 bits per heavy atom. The van der Waals surface area contributed by atoms with Gasteiger partial charge in [-0.3, -0.25) is 9.55 Å². The lowest BCUT2D eigenvalue weighted by atomic mass is 10.3. The molecule has 3 aromatic heterocycles. The molecule has 1 unspecified atom stereocenters. The molecule has 5 nitrogen and oxygen atoms in total. The Bertz CT molecular complexity index is 616. The number of hydrogen-bond acceptors (Lipinski definition) is 5. The SMILES string of the molecule is CC(Nc1ccc(-n2ccnc2)nc1)c1cncs1. The number of hydrogen-bond donors (Lipinski definition) is 1. The van der Waals surface area contributed by atoms with Crippen LogP contribution >= 0.6 is 11.3 Å². The van der Waals surface area contributed by atoms with E-state index in [2.05, 4.69) is 27.2 Å². The number of rotatable bonds is 4. The fourth-order valence-corrected chi connectivity index (χ4v) is 2.41. The second kappa shape index (κ2) is 5.19. The van der Waals surface area contributed by atoms with Gasteiger partial charge < -0.3 is 5.32 Å². The molecule has 0 bridgehead atoms. The molecule has 0 radical (unpaired) electrons. The van der Waals surface area contributed by atoms with Gasteiger partial charge in [-0.2, -0.15) is 0 Å². The number of anilines is 1. The molecule has 1 atom stereocenters. The van der Waals surface area contributed by atoms with Crippen LogP contribution in [0.5, 0.6) is 0 Å². The Kier molecular flexibility index (Phi) is 3.24. The van der Waals surface area contributed by atoms with Crippen molar-refractivity contribution >= 4 is 17.0 Å². The summed E-state index contributed by atoms with van der Waals surface area (Å²) in [5.74, 6) is 0.855. The average molecular weight is 271 g/mol. The first-order valence-corrected chi connectivity index (χ1v) is 6.80. The van der Waals surface area contributed by atoms with Crippen molar-refractivity contribution in [1.82, 2.24) is 19.5 Å². The molecule has 0 aliphatic rings. The van der Waals surface area contributed by atoms with Gasteiger partial charge in [0.15, 0.2) is 0 Å². The Labute approximate surface area is 115 Å². The molecule has 0 saturated carbocycles. The lowest BCUT2D eigenvalue weighted by molar-refractivity contribution is 0.898. The minimum Gasteiger partial charge on any atom is -0.376 e. The highest BCUT2D eigenvalue weighted by Gasteiger charge is 2.07. The van der Waals surface area contributed by atoms with E-state index in [0.29, 0.717) is 0 Å². The van der Waals surface area contributed by atoms with E-state index in [-0.39, 0.29) is 6.04 Å². The maximum absolute atomic E-state index is 4.40. The molecule has 0 saturated heterocycles. The molecule has 96 valence electrons. The summed E-state index contributed by atoms with van der Waals surface area (Å²) in [6, 6.07) is 4.21. The Hall–Kier alpha value is -2.21. The van der Waals surface area contributed by atoms with Gasteiger partial charge in [-0.25, -0.2) is 9.97 Å². The second-order valence-corrected chi connectivity index (χ2v) is 5.06. The molecule has 6 heteroatoms. The van der Waals surface area contributed by atoms with Crippen LogP contribution in [0.4, 0.5) is 5.69 Å². The molecule has 3 rings (SSSR count). The van der Waals surface area contributed by atoms with Crippen molar-refractivity contribution in [3.8, 4) is 5.82 Å². The first-order chi connectivity index (χ1) is 9.33. The second-order valence-electron chi connectivity index (χ2n) is 4.14. The largest absolute Gasteiger partial charge is 0.376 e. The number of nitrogens with one attached hydrogen (secondary N) is 1. The molecule has 0 fully saturated rings. The maximum Gasteiger partial charge on any atom is 0.137 e. The van der Waals surface area contributed by atoms with Crippen LogP contribution in [0.1, 0.15) is 17.8 Å². The van der Waals surface area contributed by atoms with Crippen LogP contribution in [-0.2, 0) is 0 Å². The van der Waals surface area contributed by atoms with E-state index < -0.39 is 0 Å². The highest BCUT2D eigenvalue weighted by Crippen LogP contribution is 2.21. The van der Waals surface area contributed by atoms with Gasteiger partial charge in [0.1, 0.15) is 12.1 Å². The van der Waals surface area contributed by atoms with Crippen LogP contribution < -0.4 is 5.32 Å². The molecule has 0 amide bonds. The summed E-state index contributed by atoms with van der Waals surface area (Å²) in [4.78, 5) is 13.7. The minimum atomic E-state index is 0.230. The van der Waals surface area contributed by atoms with Crippen molar-refractivity contribution < 1.29 is 0 Å². The zero-order chi connectivity index (χ0) is 13.1. The number of pyridine rings is 1. The number of nitrogens with zero attached hydrogens (tertiary/aromatic N) is 4. The molecule has 19 heavy (non-hydrogen) atoms. The third-order valence-electron chi connectivity index (χ3n) is 2.78. The van der Waals surface area contributed by atoms with E-state index in [9.17, 15) is 0 Å². The minimum absolute atomic E-state index is 0.230. The van der Waals surface area contributed by atoms with E-state index in [1.54, 1.807) is 23.9 Å². The van der Waals surface area contributed by atoms with Crippen molar-refractivity contribution in [2.45, 2.75) is 13.0 Å². The van der Waals surface area contributed by atoms with Crippen LogP contribution in [0.3, 0.4) is 0 Å². The highest BCUT2D eigenvalue weighted by atomic mass is 32.1. The van der Waals surface area contributed by atoms with E-state index in [4.69, 9.17) is 0 Å². The molecule has 0 spiro atoms. The number of thiazole rings is 1. The zero-order valence-corrected chi connectivity index (χ0v) is 11.2. The highest BCUT2D eigenvalue weighted by molar-refractivity contribution is 7.09. The first kappa shape index (κ1) is 11.9. The number of aromatic nitrogens is 4. The van der Waals surface area contributed by atoms with Gasteiger partial charge in [-0.1, -0.05) is 0 Å². The molecule has 0 aromatic carbocycles. The molecule has 0 aliphatic heterocycles. The third-order valence-corrected chi connectivity index (χ3v) is 3.74. The summed E-state index contributed by atoms with van der Waals surface area (Å²) >= 11 is 1.65. The maximum atomic E-state index is 4.40. The van der Waals surface area contributed by atoms with Crippen LogP contribution in [-0.4, -0.2) is 19.5 Å². The first-order valence-electron chi connectivity index (χ1n) is 5.92. The molecular weight excluding hydrogens is 258 g/mol. The zero-order valence-electron chi connectivity index (χ0n) is 10.4. The normalized spacial score (nSPS) is 12.3. The van der Waals surface area contributed by atoms with Crippen molar-refractivity contribution in [2.24, 2.45) is 0 Å². The van der Waals surface area contributed by atoms with Crippen molar-refractivity contribution in [3.63, 3.8) is 0 Å². The lowest BCUT2D eigenvalue weighted by Gasteiger charge is -2.13. The van der Waals surface area contributed by atoms with Gasteiger partial charge in [-0.05, 0) is 19.1 Å². The Morgan fingerprint density at radius 1 is 1.26 bits per heavy atom. The molecule has 0 aliphatic carbocycles. The summed E-state index contributed by atoms with van der Waals surface area (Å²) in [5, 5.41) is 3.40. The summed E-state index contributed by atoms with van der Waals surface area (Å²) in [5.41, 5.74) is 2.83. The van der Waals surface area contributed by atoms with E-state index in [1.807, 2.05) is 40.8 Å². The smallest absolute Gasteiger partial charge is 0.137 e. The molecule has 3 aromatic rings. The van der Waals surface area contributed by atoms with E-state index in [0.717, 1.165) is 11.5 Å². The average Bonchev–Trinajstić information content (AvgIpc) is 3.13. The van der Waals surface area contributed by atoms with E-state index >= 15 is 0 Å². The van der Waals surface area contributed by atoms with Gasteiger partial charge in [0, 0.05) is 23.5 Å². The third kappa shape index (κ3) is 2.63. The van der Waals surface area contributed by atoms with Crippen molar-refractivity contribution in [2.75, 3.05) is 5.32 Å². The summed E-state index contributed by atoms with van der Waals surface area (Å²) in [6.07, 6.45) is 9.05. The topological polar surface area (TPSA) is 55.6 Å². The van der Waals surface area contributed by atoms with Crippen molar-refractivity contribution in [1.29, 1.82) is 0 Å². The fraction of sp³-hybridized carbons (Fsp3) is 0.154. The van der Waals surface area contributed by atoms with Gasteiger partial charge in [0.2, 0.25) is 0 Å². The van der Waals surface area contributed by atoms with Gasteiger partial charge in [0.05, 0.1) is 23.4 Å². The van der Waals surface area contributed by atoms with Gasteiger partial charge in [0.25, 0.3) is 0 Å². The molecular formula is C13H13N5S. The predicted octanol–water partition coefficient (Wildman–Crippen LogP) is 2.90. The predicted molar refractivity (Wildman–Crippen MR) is 75.5 cm³/mol. The van der Waals surface area contributed by atoms with Gasteiger partial charge >= 0.3 is 0 Å². The van der Waals surface area contributed by atoms with Crippen LogP contribution in [0.15, 0.2) is 48.8 Å². The standard InChI is InChI=1S/C13H13N5S/c1-10(12-7-15-9-19-12)17-11-2-3-13(16-6-11)18-5-4-14-8-18/h2-10,17H,1H3. The Balaban J connectivity index is 1.73. The summed E-state index contributed by atoms with van der Waals surface area (Å²) in [6.45, 7) is 2.11. The molecule has 3 heterocycles. The summed E-state index contributed by atoms with van der Waals surface area (Å²) < 4.78 is 1.87. The van der Waals surface area contributed by atoms with Crippen LogP contribution in [0.25, 0.3) is 5.82 Å². The monoisotopic (exact) mass is 271 g/mol. The summed E-state index contributed by atoms with van der Waals surface area (Å²) in [7, 11) is 0. The number of imidazole rings is 1.